The van der Waals surface area contributed by atoms with Crippen LogP contribution in [0.25, 0.3) is 21.9 Å². The van der Waals surface area contributed by atoms with Gasteiger partial charge in [-0.05, 0) is 38.3 Å². The molecule has 88 valence electrons. The van der Waals surface area contributed by atoms with Crippen LogP contribution in [0.3, 0.4) is 0 Å². The van der Waals surface area contributed by atoms with E-state index in [1.807, 2.05) is 42.5 Å². The molecule has 0 aliphatic heterocycles. The third kappa shape index (κ3) is 1.87. The highest BCUT2D eigenvalue weighted by Crippen LogP contribution is 2.27. The Morgan fingerprint density at radius 1 is 0.944 bits per heavy atom. The molecule has 0 atom stereocenters. The molecular weight excluding hydrogens is 292 g/mol. The Morgan fingerprint density at radius 2 is 1.72 bits per heavy atom. The van der Waals surface area contributed by atoms with Crippen molar-refractivity contribution < 1.29 is 4.42 Å². The Labute approximate surface area is 112 Å². The zero-order valence-electron chi connectivity index (χ0n) is 9.39. The van der Waals surface area contributed by atoms with Crippen LogP contribution in [0, 0.1) is 0 Å². The van der Waals surface area contributed by atoms with Gasteiger partial charge in [-0.1, -0.05) is 42.5 Å². The molecule has 2 nitrogen and oxygen atoms in total. The quantitative estimate of drug-likeness (QED) is 0.673. The first-order valence-electron chi connectivity index (χ1n) is 5.52. The van der Waals surface area contributed by atoms with Crippen LogP contribution in [-0.2, 0) is 0 Å². The van der Waals surface area contributed by atoms with Crippen LogP contribution < -0.4 is 5.63 Å². The molecule has 0 aliphatic rings. The molecule has 3 aromatic rings. The predicted molar refractivity (Wildman–Crippen MR) is 75.6 cm³/mol. The zero-order valence-corrected chi connectivity index (χ0v) is 11.0. The first kappa shape index (κ1) is 11.2. The second-order valence-corrected chi connectivity index (χ2v) is 4.91. The lowest BCUT2D eigenvalue weighted by Crippen LogP contribution is -2.02. The summed E-state index contributed by atoms with van der Waals surface area (Å²) in [5.74, 6) is 0. The Kier molecular flexibility index (Phi) is 2.76. The fourth-order valence-corrected chi connectivity index (χ4v) is 2.37. The van der Waals surface area contributed by atoms with E-state index >= 15 is 0 Å². The summed E-state index contributed by atoms with van der Waals surface area (Å²) >= 11 is 3.33. The molecule has 0 radical (unpaired) electrons. The number of benzene rings is 2. The summed E-state index contributed by atoms with van der Waals surface area (Å²) in [4.78, 5) is 11.8. The third-order valence-corrected chi connectivity index (χ3v) is 3.28. The van der Waals surface area contributed by atoms with E-state index in [2.05, 4.69) is 15.9 Å². The molecule has 0 saturated heterocycles. The van der Waals surface area contributed by atoms with Gasteiger partial charge in [0.25, 0.3) is 0 Å². The molecule has 18 heavy (non-hydrogen) atoms. The summed E-state index contributed by atoms with van der Waals surface area (Å²) in [5.41, 5.74) is 1.14. The molecular formula is C15H9BrO2. The number of halogens is 1. The number of rotatable bonds is 1. The van der Waals surface area contributed by atoms with Crippen molar-refractivity contribution in [2.24, 2.45) is 0 Å². The van der Waals surface area contributed by atoms with E-state index in [0.717, 1.165) is 20.8 Å². The number of fused-ring (bicyclic) bond motifs is 1. The van der Waals surface area contributed by atoms with Gasteiger partial charge in [0.15, 0.2) is 0 Å². The van der Waals surface area contributed by atoms with E-state index in [-0.39, 0.29) is 5.63 Å². The fraction of sp³-hybridized carbons (Fsp3) is 0. The van der Waals surface area contributed by atoms with Gasteiger partial charge in [-0.25, -0.2) is 4.79 Å². The highest BCUT2D eigenvalue weighted by molar-refractivity contribution is 9.10. The van der Waals surface area contributed by atoms with E-state index in [9.17, 15) is 4.79 Å². The minimum atomic E-state index is -0.324. The second-order valence-electron chi connectivity index (χ2n) is 3.99. The molecule has 0 N–H and O–H groups in total. The number of hydrogen-bond donors (Lipinski definition) is 0. The summed E-state index contributed by atoms with van der Waals surface area (Å²) in [7, 11) is 0. The van der Waals surface area contributed by atoms with Gasteiger partial charge in [0, 0.05) is 0 Å². The van der Waals surface area contributed by atoms with E-state index in [4.69, 9.17) is 4.42 Å². The SMILES string of the molecule is O=c1occ(Br)cc1-c1cccc2ccccc12. The van der Waals surface area contributed by atoms with Crippen molar-refractivity contribution >= 4 is 26.7 Å². The average Bonchev–Trinajstić information content (AvgIpc) is 2.41. The van der Waals surface area contributed by atoms with Gasteiger partial charge >= 0.3 is 5.63 Å². The molecule has 3 heteroatoms. The monoisotopic (exact) mass is 300 g/mol. The molecule has 0 unspecified atom stereocenters. The Balaban J connectivity index is 2.38. The summed E-state index contributed by atoms with van der Waals surface area (Å²) in [6, 6.07) is 15.7. The van der Waals surface area contributed by atoms with Gasteiger partial charge < -0.3 is 4.42 Å². The first-order chi connectivity index (χ1) is 8.75. The molecule has 1 heterocycles. The fourth-order valence-electron chi connectivity index (χ4n) is 2.05. The minimum Gasteiger partial charge on any atom is -0.430 e. The van der Waals surface area contributed by atoms with Crippen LogP contribution in [0.1, 0.15) is 0 Å². The smallest absolute Gasteiger partial charge is 0.343 e. The van der Waals surface area contributed by atoms with Gasteiger partial charge in [0.2, 0.25) is 0 Å². The second kappa shape index (κ2) is 4.42. The van der Waals surface area contributed by atoms with E-state index < -0.39 is 0 Å². The van der Waals surface area contributed by atoms with Crippen molar-refractivity contribution in [2.75, 3.05) is 0 Å². The molecule has 0 saturated carbocycles. The van der Waals surface area contributed by atoms with Crippen molar-refractivity contribution in [3.05, 3.63) is 69.7 Å². The van der Waals surface area contributed by atoms with Crippen LogP contribution in [-0.4, -0.2) is 0 Å². The molecule has 0 fully saturated rings. The van der Waals surface area contributed by atoms with Crippen LogP contribution in [0.2, 0.25) is 0 Å². The lowest BCUT2D eigenvalue weighted by Gasteiger charge is -2.05. The molecule has 0 bridgehead atoms. The Bertz CT molecular complexity index is 769. The molecule has 2 aromatic carbocycles. The van der Waals surface area contributed by atoms with Crippen molar-refractivity contribution in [1.82, 2.24) is 0 Å². The third-order valence-electron chi connectivity index (χ3n) is 2.86. The van der Waals surface area contributed by atoms with Crippen LogP contribution in [0.4, 0.5) is 0 Å². The molecule has 0 amide bonds. The molecule has 1 aromatic heterocycles. The van der Waals surface area contributed by atoms with Crippen molar-refractivity contribution in [2.45, 2.75) is 0 Å². The molecule has 0 spiro atoms. The minimum absolute atomic E-state index is 0.324. The summed E-state index contributed by atoms with van der Waals surface area (Å²) in [5, 5.41) is 2.15. The van der Waals surface area contributed by atoms with Gasteiger partial charge in [-0.15, -0.1) is 0 Å². The van der Waals surface area contributed by atoms with Crippen molar-refractivity contribution in [3.8, 4) is 11.1 Å². The summed E-state index contributed by atoms with van der Waals surface area (Å²) in [6.07, 6.45) is 1.40. The normalized spacial score (nSPS) is 10.7. The number of hydrogen-bond acceptors (Lipinski definition) is 2. The van der Waals surface area contributed by atoms with Crippen molar-refractivity contribution in [3.63, 3.8) is 0 Å². The van der Waals surface area contributed by atoms with E-state index in [1.54, 1.807) is 6.07 Å². The topological polar surface area (TPSA) is 30.2 Å². The Hall–Kier alpha value is -1.87. The highest BCUT2D eigenvalue weighted by atomic mass is 79.9. The van der Waals surface area contributed by atoms with E-state index in [1.165, 1.54) is 6.26 Å². The van der Waals surface area contributed by atoms with Gasteiger partial charge in [-0.2, -0.15) is 0 Å². The largest absolute Gasteiger partial charge is 0.430 e. The van der Waals surface area contributed by atoms with Crippen LogP contribution in [0.15, 0.2) is 68.5 Å². The molecule has 3 rings (SSSR count). The van der Waals surface area contributed by atoms with Gasteiger partial charge in [0.05, 0.1) is 10.0 Å². The maximum absolute atomic E-state index is 11.8. The lowest BCUT2D eigenvalue weighted by atomic mass is 10.00. The predicted octanol–water partition coefficient (Wildman–Crippen LogP) is 4.22. The first-order valence-corrected chi connectivity index (χ1v) is 6.31. The maximum Gasteiger partial charge on any atom is 0.343 e. The Morgan fingerprint density at radius 3 is 2.61 bits per heavy atom. The molecule has 0 aliphatic carbocycles. The van der Waals surface area contributed by atoms with E-state index in [0.29, 0.717) is 5.56 Å². The average molecular weight is 301 g/mol. The van der Waals surface area contributed by atoms with Gasteiger partial charge in [0.1, 0.15) is 6.26 Å². The standard InChI is InChI=1S/C15H9BrO2/c16-11-8-14(15(17)18-9-11)13-7-3-5-10-4-1-2-6-12(10)13/h1-9H. The van der Waals surface area contributed by atoms with Gasteiger partial charge in [-0.3, -0.25) is 0 Å². The van der Waals surface area contributed by atoms with Crippen molar-refractivity contribution in [1.29, 1.82) is 0 Å². The zero-order chi connectivity index (χ0) is 12.5. The summed E-state index contributed by atoms with van der Waals surface area (Å²) < 4.78 is 5.74. The summed E-state index contributed by atoms with van der Waals surface area (Å²) in [6.45, 7) is 0. The maximum atomic E-state index is 11.8. The van der Waals surface area contributed by atoms with Crippen LogP contribution in [0.5, 0.6) is 0 Å². The van der Waals surface area contributed by atoms with Crippen LogP contribution >= 0.6 is 15.9 Å². The highest BCUT2D eigenvalue weighted by Gasteiger charge is 2.08. The lowest BCUT2D eigenvalue weighted by molar-refractivity contribution is 0.510.